The van der Waals surface area contributed by atoms with Crippen LogP contribution in [0.3, 0.4) is 0 Å². The van der Waals surface area contributed by atoms with Crippen LogP contribution in [0.4, 0.5) is 4.39 Å². The molecule has 2 nitrogen and oxygen atoms in total. The van der Waals surface area contributed by atoms with E-state index in [-0.39, 0.29) is 17.8 Å². The molecule has 1 unspecified atom stereocenters. The molecule has 17 heavy (non-hydrogen) atoms. The fourth-order valence-corrected chi connectivity index (χ4v) is 2.05. The van der Waals surface area contributed by atoms with Crippen molar-refractivity contribution in [3.8, 4) is 0 Å². The summed E-state index contributed by atoms with van der Waals surface area (Å²) in [6.45, 7) is 5.98. The van der Waals surface area contributed by atoms with Crippen molar-refractivity contribution in [2.75, 3.05) is 26.2 Å². The van der Waals surface area contributed by atoms with Crippen molar-refractivity contribution in [2.45, 2.75) is 19.2 Å². The smallest absolute Gasteiger partial charge is 0.126 e. The molecule has 0 heterocycles. The number of hydrogen-bond donors (Lipinski definition) is 1. The van der Waals surface area contributed by atoms with E-state index in [0.717, 1.165) is 12.1 Å². The molecule has 0 saturated carbocycles. The Labute approximate surface area is 107 Å². The summed E-state index contributed by atoms with van der Waals surface area (Å²) in [4.78, 5) is 2.07. The maximum absolute atomic E-state index is 13.1. The van der Waals surface area contributed by atoms with Gasteiger partial charge in [-0.25, -0.2) is 4.39 Å². The van der Waals surface area contributed by atoms with E-state index in [1.54, 1.807) is 19.1 Å². The fourth-order valence-electron chi connectivity index (χ4n) is 1.71. The van der Waals surface area contributed by atoms with Gasteiger partial charge in [-0.3, -0.25) is 4.90 Å². The Morgan fingerprint density at radius 2 is 2.18 bits per heavy atom. The topological polar surface area (TPSA) is 23.5 Å². The summed E-state index contributed by atoms with van der Waals surface area (Å²) in [5, 5.41) is 8.72. The normalized spacial score (nSPS) is 13.1. The second kappa shape index (κ2) is 6.94. The second-order valence-corrected chi connectivity index (χ2v) is 4.62. The number of likely N-dealkylation sites (N-methyl/N-ethyl adjacent to an activating group) is 1. The van der Waals surface area contributed by atoms with Gasteiger partial charge in [-0.1, -0.05) is 19.1 Å². The first-order valence-corrected chi connectivity index (χ1v) is 6.25. The van der Waals surface area contributed by atoms with Gasteiger partial charge in [0.15, 0.2) is 0 Å². The summed E-state index contributed by atoms with van der Waals surface area (Å²) < 4.78 is 13.1. The number of alkyl halides is 1. The predicted octanol–water partition coefficient (Wildman–Crippen LogP) is 2.73. The van der Waals surface area contributed by atoms with Crippen LogP contribution in [0.1, 0.15) is 23.4 Å². The molecule has 0 radical (unpaired) electrons. The van der Waals surface area contributed by atoms with E-state index in [1.165, 1.54) is 6.07 Å². The molecule has 1 aromatic rings. The van der Waals surface area contributed by atoms with E-state index in [4.69, 9.17) is 16.7 Å². The van der Waals surface area contributed by atoms with Gasteiger partial charge in [0.2, 0.25) is 0 Å². The minimum atomic E-state index is -0.208. The minimum absolute atomic E-state index is 0.125. The molecule has 0 spiro atoms. The number of aliphatic hydroxyl groups excluding tert-OH is 1. The molecule has 0 aliphatic heterocycles. The highest BCUT2D eigenvalue weighted by molar-refractivity contribution is 6.21. The van der Waals surface area contributed by atoms with Gasteiger partial charge in [0, 0.05) is 13.1 Å². The number of nitrogens with zero attached hydrogens (tertiary/aromatic N) is 1. The molecule has 1 aromatic carbocycles. The van der Waals surface area contributed by atoms with Gasteiger partial charge in [-0.15, -0.1) is 11.6 Å². The number of hydrogen-bond acceptors (Lipinski definition) is 2. The van der Waals surface area contributed by atoms with E-state index < -0.39 is 0 Å². The van der Waals surface area contributed by atoms with Crippen LogP contribution in [0.25, 0.3) is 0 Å². The maximum Gasteiger partial charge on any atom is 0.126 e. The predicted molar refractivity (Wildman–Crippen MR) is 68.9 cm³/mol. The molecule has 0 amide bonds. The molecule has 0 saturated heterocycles. The van der Waals surface area contributed by atoms with Gasteiger partial charge in [0.05, 0.1) is 12.0 Å². The van der Waals surface area contributed by atoms with Gasteiger partial charge >= 0.3 is 0 Å². The third kappa shape index (κ3) is 4.26. The van der Waals surface area contributed by atoms with Crippen molar-refractivity contribution in [3.63, 3.8) is 0 Å². The van der Waals surface area contributed by atoms with Crippen LogP contribution in [0.2, 0.25) is 0 Å². The zero-order valence-corrected chi connectivity index (χ0v) is 11.0. The summed E-state index contributed by atoms with van der Waals surface area (Å²) in [6, 6.07) is 4.94. The highest BCUT2D eigenvalue weighted by Crippen LogP contribution is 2.23. The first kappa shape index (κ1) is 14.4. The van der Waals surface area contributed by atoms with Crippen molar-refractivity contribution in [1.29, 1.82) is 0 Å². The molecule has 96 valence electrons. The average molecular weight is 260 g/mol. The average Bonchev–Trinajstić information content (AvgIpc) is 2.31. The molecule has 0 bridgehead atoms. The number of halogens is 2. The third-order valence-corrected chi connectivity index (χ3v) is 3.22. The van der Waals surface area contributed by atoms with E-state index in [1.807, 2.05) is 6.92 Å². The van der Waals surface area contributed by atoms with Gasteiger partial charge in [0.25, 0.3) is 0 Å². The van der Waals surface area contributed by atoms with Crippen LogP contribution in [-0.2, 0) is 0 Å². The molecule has 0 fully saturated rings. The van der Waals surface area contributed by atoms with Crippen molar-refractivity contribution >= 4 is 11.6 Å². The standard InChI is InChI=1S/C13H19ClFNO/c1-3-16(6-7-17)9-12(14)11-4-5-13(15)10(2)8-11/h4-5,8,12,17H,3,6-7,9H2,1-2H3. The fraction of sp³-hybridized carbons (Fsp3) is 0.538. The van der Waals surface area contributed by atoms with Crippen LogP contribution < -0.4 is 0 Å². The van der Waals surface area contributed by atoms with Crippen molar-refractivity contribution in [2.24, 2.45) is 0 Å². The van der Waals surface area contributed by atoms with Crippen molar-refractivity contribution in [3.05, 3.63) is 35.1 Å². The van der Waals surface area contributed by atoms with Crippen LogP contribution >= 0.6 is 11.6 Å². The lowest BCUT2D eigenvalue weighted by Gasteiger charge is -2.22. The van der Waals surface area contributed by atoms with Crippen LogP contribution in [-0.4, -0.2) is 36.2 Å². The zero-order chi connectivity index (χ0) is 12.8. The SMILES string of the molecule is CCN(CCO)CC(Cl)c1ccc(F)c(C)c1. The summed E-state index contributed by atoms with van der Waals surface area (Å²) in [5.74, 6) is -0.208. The van der Waals surface area contributed by atoms with E-state index in [2.05, 4.69) is 4.90 Å². The minimum Gasteiger partial charge on any atom is -0.395 e. The maximum atomic E-state index is 13.1. The number of rotatable bonds is 6. The van der Waals surface area contributed by atoms with Crippen LogP contribution in [0, 0.1) is 12.7 Å². The quantitative estimate of drug-likeness (QED) is 0.794. The summed E-state index contributed by atoms with van der Waals surface area (Å²) in [7, 11) is 0. The molecule has 1 rings (SSSR count). The number of benzene rings is 1. The first-order chi connectivity index (χ1) is 8.08. The lowest BCUT2D eigenvalue weighted by Crippen LogP contribution is -2.29. The van der Waals surface area contributed by atoms with Gasteiger partial charge in [-0.2, -0.15) is 0 Å². The van der Waals surface area contributed by atoms with Crippen LogP contribution in [0.15, 0.2) is 18.2 Å². The Bertz CT molecular complexity index is 359. The Balaban J connectivity index is 2.68. The molecule has 1 atom stereocenters. The van der Waals surface area contributed by atoms with Gasteiger partial charge < -0.3 is 5.11 Å². The second-order valence-electron chi connectivity index (χ2n) is 4.09. The summed E-state index contributed by atoms with van der Waals surface area (Å²) >= 11 is 6.29. The van der Waals surface area contributed by atoms with E-state index in [0.29, 0.717) is 18.7 Å². The highest BCUT2D eigenvalue weighted by Gasteiger charge is 2.13. The number of aliphatic hydroxyl groups is 1. The van der Waals surface area contributed by atoms with Crippen molar-refractivity contribution < 1.29 is 9.50 Å². The Morgan fingerprint density at radius 3 is 2.71 bits per heavy atom. The molecule has 0 aliphatic rings. The van der Waals surface area contributed by atoms with Crippen LogP contribution in [0.5, 0.6) is 0 Å². The third-order valence-electron chi connectivity index (χ3n) is 2.83. The lowest BCUT2D eigenvalue weighted by molar-refractivity contribution is 0.202. The summed E-state index contributed by atoms with van der Waals surface area (Å²) in [5.41, 5.74) is 1.53. The molecule has 4 heteroatoms. The molecular formula is C13H19ClFNO. The largest absolute Gasteiger partial charge is 0.395 e. The van der Waals surface area contributed by atoms with E-state index >= 15 is 0 Å². The van der Waals surface area contributed by atoms with Gasteiger partial charge in [0.1, 0.15) is 5.82 Å². The van der Waals surface area contributed by atoms with Crippen molar-refractivity contribution in [1.82, 2.24) is 4.90 Å². The molecule has 0 aliphatic carbocycles. The van der Waals surface area contributed by atoms with E-state index in [9.17, 15) is 4.39 Å². The molecular weight excluding hydrogens is 241 g/mol. The zero-order valence-electron chi connectivity index (χ0n) is 10.3. The monoisotopic (exact) mass is 259 g/mol. The van der Waals surface area contributed by atoms with Gasteiger partial charge in [-0.05, 0) is 30.7 Å². The number of aryl methyl sites for hydroxylation is 1. The lowest BCUT2D eigenvalue weighted by atomic mass is 10.1. The Hall–Kier alpha value is -0.640. The first-order valence-electron chi connectivity index (χ1n) is 5.81. The molecule has 0 aromatic heterocycles. The summed E-state index contributed by atoms with van der Waals surface area (Å²) in [6.07, 6.45) is 0. The Morgan fingerprint density at radius 1 is 1.47 bits per heavy atom. The molecule has 1 N–H and O–H groups in total. The Kier molecular flexibility index (Phi) is 5.89. The highest BCUT2D eigenvalue weighted by atomic mass is 35.5.